The first-order valence-electron chi connectivity index (χ1n) is 38.5. The third kappa shape index (κ3) is 8.92. The standard InChI is InChI=1S/C96H61BN4O/c1-6-26-62(27-7-1)72-40-24-41-73(63-28-8-2-9-29-63)95(72)100-88-58-68(66-50-55-93-81(57-66)79-39-19-23-47-92(79)102-93)48-52-82(88)97-83-53-51-71(99-84-44-20-16-36-76(84)77-37-17-21-45-85(77)99)61-89(83)101(96-74(64-30-10-3-11-31-64)42-25-43-75(96)65-32-12-4-13-33-65)91-60-69(59-90(100)94(91)97)67-49-54-87-80(56-67)78-38-18-22-46-86(78)98(87)70-34-14-5-15-35-70/h1-61H/i16D,17D,20D,21D,36D,37D,44D,45D. The van der Waals surface area contributed by atoms with Crippen molar-refractivity contribution in [3.05, 3.63) is 370 Å². The molecule has 0 saturated carbocycles. The molecule has 5 nitrogen and oxygen atoms in total. The highest BCUT2D eigenvalue weighted by Crippen LogP contribution is 2.55. The van der Waals surface area contributed by atoms with Gasteiger partial charge in [0.15, 0.2) is 0 Å². The van der Waals surface area contributed by atoms with Crippen molar-refractivity contribution in [3.8, 4) is 78.1 Å². The molecular weight excluding hydrogens is 1240 g/mol. The van der Waals surface area contributed by atoms with Crippen LogP contribution in [0.1, 0.15) is 11.0 Å². The van der Waals surface area contributed by atoms with Crippen LogP contribution in [0.2, 0.25) is 0 Å². The Kier molecular flexibility index (Phi) is 11.3. The Labute approximate surface area is 601 Å². The monoisotopic (exact) mass is 1300 g/mol. The Morgan fingerprint density at radius 2 is 0.676 bits per heavy atom. The number of furan rings is 1. The second kappa shape index (κ2) is 23.1. The maximum absolute atomic E-state index is 9.85. The van der Waals surface area contributed by atoms with E-state index in [0.717, 1.165) is 167 Å². The van der Waals surface area contributed by atoms with Gasteiger partial charge in [-0.05, 0) is 152 Å². The molecular formula is C96H61BN4O. The minimum absolute atomic E-state index is 0.000261. The van der Waals surface area contributed by atoms with Gasteiger partial charge < -0.3 is 23.4 Å². The summed E-state index contributed by atoms with van der Waals surface area (Å²) in [6, 6.07) is 110. The molecule has 474 valence electrons. The third-order valence-corrected chi connectivity index (χ3v) is 20.9. The van der Waals surface area contributed by atoms with Crippen molar-refractivity contribution in [1.82, 2.24) is 9.13 Å². The van der Waals surface area contributed by atoms with E-state index in [1.807, 2.05) is 30.3 Å². The number of nitrogens with zero attached hydrogens (tertiary/aromatic N) is 4. The Morgan fingerprint density at radius 3 is 1.26 bits per heavy atom. The fourth-order valence-corrected chi connectivity index (χ4v) is 16.5. The van der Waals surface area contributed by atoms with Crippen molar-refractivity contribution in [2.45, 2.75) is 0 Å². The summed E-state index contributed by atoms with van der Waals surface area (Å²) >= 11 is 0. The first-order chi connectivity index (χ1) is 53.9. The number of aromatic nitrogens is 2. The lowest BCUT2D eigenvalue weighted by Crippen LogP contribution is -2.61. The van der Waals surface area contributed by atoms with E-state index in [0.29, 0.717) is 5.69 Å². The summed E-state index contributed by atoms with van der Waals surface area (Å²) < 4.78 is 86.1. The summed E-state index contributed by atoms with van der Waals surface area (Å²) in [7, 11) is 0. The van der Waals surface area contributed by atoms with Gasteiger partial charge in [-0.15, -0.1) is 0 Å². The molecule has 0 radical (unpaired) electrons. The molecule has 5 heterocycles. The molecule has 0 atom stereocenters. The summed E-state index contributed by atoms with van der Waals surface area (Å²) in [5, 5.41) is 4.22. The number of benzene rings is 16. The van der Waals surface area contributed by atoms with E-state index in [2.05, 4.69) is 306 Å². The molecule has 3 aromatic heterocycles. The maximum atomic E-state index is 9.85. The van der Waals surface area contributed by atoms with Gasteiger partial charge in [-0.3, -0.25) is 0 Å². The molecule has 0 spiro atoms. The largest absolute Gasteiger partial charge is 0.456 e. The highest BCUT2D eigenvalue weighted by atomic mass is 16.3. The number of fused-ring (bicyclic) bond motifs is 13. The van der Waals surface area contributed by atoms with Crippen molar-refractivity contribution in [2.75, 3.05) is 9.80 Å². The van der Waals surface area contributed by atoms with Gasteiger partial charge in [0.05, 0.1) is 44.4 Å². The Morgan fingerprint density at radius 1 is 0.255 bits per heavy atom. The van der Waals surface area contributed by atoms with Crippen LogP contribution in [0.25, 0.3) is 144 Å². The van der Waals surface area contributed by atoms with Crippen LogP contribution >= 0.6 is 0 Å². The molecule has 2 aliphatic rings. The van der Waals surface area contributed by atoms with E-state index in [4.69, 9.17) is 7.16 Å². The van der Waals surface area contributed by atoms with Crippen molar-refractivity contribution in [1.29, 1.82) is 0 Å². The third-order valence-electron chi connectivity index (χ3n) is 20.9. The van der Waals surface area contributed by atoms with Gasteiger partial charge in [0.2, 0.25) is 0 Å². The van der Waals surface area contributed by atoms with E-state index in [-0.39, 0.29) is 33.9 Å². The lowest BCUT2D eigenvalue weighted by atomic mass is 9.33. The van der Waals surface area contributed by atoms with E-state index in [1.165, 1.54) is 0 Å². The zero-order valence-corrected chi connectivity index (χ0v) is 54.9. The topological polar surface area (TPSA) is 29.5 Å². The van der Waals surface area contributed by atoms with Crippen LogP contribution in [0.4, 0.5) is 34.1 Å². The molecule has 102 heavy (non-hydrogen) atoms. The molecule has 2 aliphatic heterocycles. The molecule has 0 amide bonds. The molecule has 0 bridgehead atoms. The van der Waals surface area contributed by atoms with Gasteiger partial charge in [-0.1, -0.05) is 279 Å². The fourth-order valence-electron chi connectivity index (χ4n) is 16.5. The Balaban J connectivity index is 0.948. The van der Waals surface area contributed by atoms with Crippen molar-refractivity contribution in [2.24, 2.45) is 0 Å². The van der Waals surface area contributed by atoms with Crippen molar-refractivity contribution < 1.29 is 15.4 Å². The first-order valence-corrected chi connectivity index (χ1v) is 34.5. The predicted molar refractivity (Wildman–Crippen MR) is 429 cm³/mol. The number of anilines is 6. The summed E-state index contributed by atoms with van der Waals surface area (Å²) in [6.45, 7) is -0.526. The van der Waals surface area contributed by atoms with Crippen LogP contribution in [0.15, 0.2) is 374 Å². The van der Waals surface area contributed by atoms with Crippen LogP contribution in [0.3, 0.4) is 0 Å². The maximum Gasteiger partial charge on any atom is 0.252 e. The highest BCUT2D eigenvalue weighted by Gasteiger charge is 2.46. The zero-order valence-electron chi connectivity index (χ0n) is 62.9. The number of hydrogen-bond donors (Lipinski definition) is 0. The number of hydrogen-bond acceptors (Lipinski definition) is 3. The lowest BCUT2D eigenvalue weighted by molar-refractivity contribution is 0.669. The molecule has 0 unspecified atom stereocenters. The molecule has 16 aromatic carbocycles. The highest BCUT2D eigenvalue weighted by molar-refractivity contribution is 7.00. The molecule has 0 aliphatic carbocycles. The van der Waals surface area contributed by atoms with Crippen molar-refractivity contribution in [3.63, 3.8) is 0 Å². The normalized spacial score (nSPS) is 13.5. The van der Waals surface area contributed by atoms with Crippen LogP contribution in [0, 0.1) is 0 Å². The fraction of sp³-hybridized carbons (Fsp3) is 0. The zero-order chi connectivity index (χ0) is 73.9. The second-order valence-electron chi connectivity index (χ2n) is 26.4. The summed E-state index contributed by atoms with van der Waals surface area (Å²) in [4.78, 5) is 4.97. The molecule has 6 heteroatoms. The summed E-state index contributed by atoms with van der Waals surface area (Å²) in [5.41, 5.74) is 25.3. The van der Waals surface area contributed by atoms with E-state index in [1.54, 1.807) is 4.57 Å². The van der Waals surface area contributed by atoms with Crippen molar-refractivity contribution >= 4 is 123 Å². The molecule has 0 N–H and O–H groups in total. The quantitative estimate of drug-likeness (QED) is 0.128. The van der Waals surface area contributed by atoms with Gasteiger partial charge in [-0.25, -0.2) is 0 Å². The van der Waals surface area contributed by atoms with Crippen LogP contribution < -0.4 is 26.2 Å². The van der Waals surface area contributed by atoms with Crippen LogP contribution in [0.5, 0.6) is 0 Å². The average Bonchev–Trinajstić information content (AvgIpc) is 0.849. The van der Waals surface area contributed by atoms with Gasteiger partial charge in [0.25, 0.3) is 6.71 Å². The van der Waals surface area contributed by atoms with E-state index < -0.39 is 43.0 Å². The minimum Gasteiger partial charge on any atom is -0.456 e. The first kappa shape index (κ1) is 50.0. The molecule has 19 aromatic rings. The van der Waals surface area contributed by atoms with E-state index in [9.17, 15) is 8.22 Å². The van der Waals surface area contributed by atoms with Gasteiger partial charge in [-0.2, -0.15) is 0 Å². The Hall–Kier alpha value is -13.4. The van der Waals surface area contributed by atoms with Gasteiger partial charge in [0, 0.05) is 88.7 Å². The number of rotatable bonds is 10. The second-order valence-corrected chi connectivity index (χ2v) is 26.4. The molecule has 0 saturated heterocycles. The minimum atomic E-state index is -0.526. The Bertz CT molecular complexity index is 6900. The average molecular weight is 1310 g/mol. The van der Waals surface area contributed by atoms with Gasteiger partial charge in [0.1, 0.15) is 11.2 Å². The lowest BCUT2D eigenvalue weighted by Gasteiger charge is -2.46. The summed E-state index contributed by atoms with van der Waals surface area (Å²) in [6.07, 6.45) is 0. The smallest absolute Gasteiger partial charge is 0.252 e. The van der Waals surface area contributed by atoms with E-state index >= 15 is 0 Å². The van der Waals surface area contributed by atoms with Gasteiger partial charge >= 0.3 is 0 Å². The molecule has 0 fully saturated rings. The van der Waals surface area contributed by atoms with Crippen LogP contribution in [-0.4, -0.2) is 15.8 Å². The predicted octanol–water partition coefficient (Wildman–Crippen LogP) is 23.9. The summed E-state index contributed by atoms with van der Waals surface area (Å²) in [5.74, 6) is 0. The van der Waals surface area contributed by atoms with Crippen LogP contribution in [-0.2, 0) is 0 Å². The molecule has 21 rings (SSSR count). The number of para-hydroxylation sites is 7. The SMILES string of the molecule is [2H]c1c([2H])c([2H])c2c(c1[2H])c1c([2H])c([2H])c([2H])c([2H])c1n2-c1ccc2c(c1)N(c1c(-c3ccccc3)cccc1-c1ccccc1)c1cc(-c3ccc4c(c3)c3ccccc3n4-c3ccccc3)cc3c1B2c1ccc(-c2ccc4oc5ccccc5c4c2)cc1N3c1c(-c2ccccc2)cccc1-c1ccccc1.